The number of nitrogens with one attached hydrogen (secondary N) is 1. The van der Waals surface area contributed by atoms with Gasteiger partial charge >= 0.3 is 0 Å². The quantitative estimate of drug-likeness (QED) is 0.840. The molecule has 0 aromatic heterocycles. The van der Waals surface area contributed by atoms with Crippen molar-refractivity contribution < 1.29 is 4.74 Å². The molecule has 2 rings (SSSR count). The Morgan fingerprint density at radius 1 is 1.24 bits per heavy atom. The zero-order chi connectivity index (χ0) is 15.2. The van der Waals surface area contributed by atoms with Crippen molar-refractivity contribution in [1.29, 1.82) is 0 Å². The standard InChI is InChI=1S/C19H31NO/c1-5-15-8-9-18(20-6-2)16(12-15)13-17-11-14(3)7-10-19(17)21-4/h7,10-11,15-16,18,20H,5-6,8-9,12-13H2,1-4H3. The van der Waals surface area contributed by atoms with E-state index in [9.17, 15) is 0 Å². The van der Waals surface area contributed by atoms with Crippen molar-refractivity contribution in [1.82, 2.24) is 5.32 Å². The molecule has 0 bridgehead atoms. The molecule has 1 aromatic carbocycles. The van der Waals surface area contributed by atoms with Gasteiger partial charge in [-0.2, -0.15) is 0 Å². The Kier molecular flexibility index (Phi) is 6.10. The van der Waals surface area contributed by atoms with Crippen LogP contribution in [0.4, 0.5) is 0 Å². The van der Waals surface area contributed by atoms with Crippen molar-refractivity contribution in [2.75, 3.05) is 13.7 Å². The van der Waals surface area contributed by atoms with Crippen molar-refractivity contribution >= 4 is 0 Å². The summed E-state index contributed by atoms with van der Waals surface area (Å²) in [6, 6.07) is 7.23. The first-order valence-corrected chi connectivity index (χ1v) is 8.54. The topological polar surface area (TPSA) is 21.3 Å². The van der Waals surface area contributed by atoms with E-state index in [1.165, 1.54) is 36.8 Å². The monoisotopic (exact) mass is 289 g/mol. The molecule has 1 aliphatic carbocycles. The van der Waals surface area contributed by atoms with Gasteiger partial charge in [0.1, 0.15) is 5.75 Å². The van der Waals surface area contributed by atoms with Crippen LogP contribution in [0.25, 0.3) is 0 Å². The lowest BCUT2D eigenvalue weighted by Gasteiger charge is -2.37. The van der Waals surface area contributed by atoms with Crippen LogP contribution < -0.4 is 10.1 Å². The molecule has 1 N–H and O–H groups in total. The van der Waals surface area contributed by atoms with Crippen LogP contribution in [0.1, 0.15) is 50.7 Å². The highest BCUT2D eigenvalue weighted by Gasteiger charge is 2.29. The van der Waals surface area contributed by atoms with E-state index >= 15 is 0 Å². The third-order valence-corrected chi connectivity index (χ3v) is 5.05. The van der Waals surface area contributed by atoms with Crippen molar-refractivity contribution in [3.63, 3.8) is 0 Å². The van der Waals surface area contributed by atoms with E-state index in [2.05, 4.69) is 44.3 Å². The fourth-order valence-corrected chi connectivity index (χ4v) is 3.84. The van der Waals surface area contributed by atoms with E-state index in [0.717, 1.165) is 30.6 Å². The van der Waals surface area contributed by atoms with E-state index in [0.29, 0.717) is 6.04 Å². The Balaban J connectivity index is 2.15. The van der Waals surface area contributed by atoms with Crippen LogP contribution >= 0.6 is 0 Å². The number of hydrogen-bond acceptors (Lipinski definition) is 2. The molecule has 2 heteroatoms. The predicted molar refractivity (Wildman–Crippen MR) is 90.0 cm³/mol. The summed E-state index contributed by atoms with van der Waals surface area (Å²) in [6.45, 7) is 7.79. The lowest BCUT2D eigenvalue weighted by Crippen LogP contribution is -2.41. The average Bonchev–Trinajstić information content (AvgIpc) is 2.49. The third-order valence-electron chi connectivity index (χ3n) is 5.05. The van der Waals surface area contributed by atoms with Gasteiger partial charge in [0.05, 0.1) is 7.11 Å². The van der Waals surface area contributed by atoms with Crippen molar-refractivity contribution in [3.05, 3.63) is 29.3 Å². The van der Waals surface area contributed by atoms with E-state index in [1.54, 1.807) is 7.11 Å². The van der Waals surface area contributed by atoms with Gasteiger partial charge in [0.15, 0.2) is 0 Å². The first-order valence-electron chi connectivity index (χ1n) is 8.54. The summed E-state index contributed by atoms with van der Waals surface area (Å²) in [4.78, 5) is 0. The Morgan fingerprint density at radius 2 is 2.05 bits per heavy atom. The van der Waals surface area contributed by atoms with Crippen molar-refractivity contribution in [3.8, 4) is 5.75 Å². The molecule has 21 heavy (non-hydrogen) atoms. The molecule has 0 saturated heterocycles. The number of hydrogen-bond donors (Lipinski definition) is 1. The second-order valence-electron chi connectivity index (χ2n) is 6.53. The average molecular weight is 289 g/mol. The Bertz CT molecular complexity index is 443. The summed E-state index contributed by atoms with van der Waals surface area (Å²) in [6.07, 6.45) is 6.52. The largest absolute Gasteiger partial charge is 0.496 e. The Hall–Kier alpha value is -1.02. The minimum atomic E-state index is 0.669. The van der Waals surface area contributed by atoms with E-state index in [4.69, 9.17) is 4.74 Å². The van der Waals surface area contributed by atoms with Crippen molar-refractivity contribution in [2.45, 2.75) is 58.9 Å². The van der Waals surface area contributed by atoms with Crippen molar-refractivity contribution in [2.24, 2.45) is 11.8 Å². The van der Waals surface area contributed by atoms with Gasteiger partial charge in [-0.25, -0.2) is 0 Å². The molecule has 0 spiro atoms. The van der Waals surface area contributed by atoms with Crippen LogP contribution in [0.3, 0.4) is 0 Å². The van der Waals surface area contributed by atoms with Gasteiger partial charge in [0.25, 0.3) is 0 Å². The summed E-state index contributed by atoms with van der Waals surface area (Å²) in [5.74, 6) is 2.69. The number of benzene rings is 1. The van der Waals surface area contributed by atoms with Crippen LogP contribution in [-0.2, 0) is 6.42 Å². The number of ether oxygens (including phenoxy) is 1. The molecule has 1 saturated carbocycles. The number of rotatable bonds is 6. The molecular weight excluding hydrogens is 258 g/mol. The predicted octanol–water partition coefficient (Wildman–Crippen LogP) is 4.35. The highest BCUT2D eigenvalue weighted by molar-refractivity contribution is 5.37. The van der Waals surface area contributed by atoms with Crippen LogP contribution in [0.2, 0.25) is 0 Å². The summed E-state index contributed by atoms with van der Waals surface area (Å²) in [5.41, 5.74) is 2.70. The first kappa shape index (κ1) is 16.4. The minimum Gasteiger partial charge on any atom is -0.496 e. The van der Waals surface area contributed by atoms with E-state index in [-0.39, 0.29) is 0 Å². The van der Waals surface area contributed by atoms with Gasteiger partial charge in [-0.15, -0.1) is 0 Å². The Morgan fingerprint density at radius 3 is 2.71 bits per heavy atom. The zero-order valence-corrected chi connectivity index (χ0v) is 14.1. The van der Waals surface area contributed by atoms with Gasteiger partial charge in [-0.3, -0.25) is 0 Å². The molecule has 2 nitrogen and oxygen atoms in total. The second kappa shape index (κ2) is 7.84. The van der Waals surface area contributed by atoms with Crippen LogP contribution in [0.5, 0.6) is 5.75 Å². The maximum atomic E-state index is 5.57. The van der Waals surface area contributed by atoms with Gasteiger partial charge in [-0.1, -0.05) is 38.0 Å². The van der Waals surface area contributed by atoms with Crippen LogP contribution in [0, 0.1) is 18.8 Å². The molecule has 3 unspecified atom stereocenters. The Labute approximate surface area is 130 Å². The summed E-state index contributed by atoms with van der Waals surface area (Å²) >= 11 is 0. The fraction of sp³-hybridized carbons (Fsp3) is 0.684. The van der Waals surface area contributed by atoms with Crippen LogP contribution in [-0.4, -0.2) is 19.7 Å². The van der Waals surface area contributed by atoms with Gasteiger partial charge in [0.2, 0.25) is 0 Å². The SMILES string of the molecule is CCNC1CCC(CC)CC1Cc1cc(C)ccc1OC. The highest BCUT2D eigenvalue weighted by atomic mass is 16.5. The lowest BCUT2D eigenvalue weighted by atomic mass is 9.74. The summed E-state index contributed by atoms with van der Waals surface area (Å²) in [7, 11) is 1.78. The lowest BCUT2D eigenvalue weighted by molar-refractivity contribution is 0.199. The molecule has 1 aliphatic rings. The molecule has 0 radical (unpaired) electrons. The van der Waals surface area contributed by atoms with E-state index < -0.39 is 0 Å². The normalized spacial score (nSPS) is 25.8. The van der Waals surface area contributed by atoms with Crippen LogP contribution in [0.15, 0.2) is 18.2 Å². The molecule has 1 fully saturated rings. The molecule has 0 heterocycles. The second-order valence-corrected chi connectivity index (χ2v) is 6.53. The smallest absolute Gasteiger partial charge is 0.122 e. The fourth-order valence-electron chi connectivity index (χ4n) is 3.84. The van der Waals surface area contributed by atoms with E-state index in [1.807, 2.05) is 0 Å². The highest BCUT2D eigenvalue weighted by Crippen LogP contribution is 2.35. The first-order chi connectivity index (χ1) is 10.2. The maximum absolute atomic E-state index is 5.57. The zero-order valence-electron chi connectivity index (χ0n) is 14.1. The molecule has 118 valence electrons. The minimum absolute atomic E-state index is 0.669. The summed E-state index contributed by atoms with van der Waals surface area (Å²) < 4.78 is 5.57. The number of aryl methyl sites for hydroxylation is 1. The summed E-state index contributed by atoms with van der Waals surface area (Å²) in [5, 5.41) is 3.71. The van der Waals surface area contributed by atoms with Gasteiger partial charge in [0, 0.05) is 6.04 Å². The molecule has 1 aromatic rings. The molecule has 3 atom stereocenters. The molecule has 0 amide bonds. The van der Waals surface area contributed by atoms with Gasteiger partial charge in [-0.05, 0) is 62.6 Å². The van der Waals surface area contributed by atoms with Gasteiger partial charge < -0.3 is 10.1 Å². The third kappa shape index (κ3) is 4.23. The number of methoxy groups -OCH3 is 1. The molecular formula is C19H31NO. The maximum Gasteiger partial charge on any atom is 0.122 e. The molecule has 0 aliphatic heterocycles.